The van der Waals surface area contributed by atoms with Crippen molar-refractivity contribution < 1.29 is 22.6 Å². The summed E-state index contributed by atoms with van der Waals surface area (Å²) < 4.78 is 48.1. The third-order valence-electron chi connectivity index (χ3n) is 4.00. The normalized spacial score (nSPS) is 14.9. The number of aliphatic imine (C=N–C) groups is 1. The Morgan fingerprint density at radius 1 is 1.12 bits per heavy atom. The molecule has 2 rings (SSSR count). The minimum absolute atomic E-state index is 0.209. The highest BCUT2D eigenvalue weighted by atomic mass is 19.4. The molecule has 2 N–H and O–H groups in total. The van der Waals surface area contributed by atoms with Gasteiger partial charge in [0.1, 0.15) is 13.2 Å². The zero-order chi connectivity index (χ0) is 19.2. The van der Waals surface area contributed by atoms with Gasteiger partial charge in [-0.2, -0.15) is 13.2 Å². The Morgan fingerprint density at radius 2 is 1.81 bits per heavy atom. The maximum absolute atomic E-state index is 12.3. The van der Waals surface area contributed by atoms with Gasteiger partial charge >= 0.3 is 6.18 Å². The first-order valence-electron chi connectivity index (χ1n) is 8.70. The van der Waals surface area contributed by atoms with Crippen LogP contribution in [0.15, 0.2) is 23.2 Å². The van der Waals surface area contributed by atoms with Crippen LogP contribution in [0.4, 0.5) is 13.2 Å². The Balaban J connectivity index is 2.03. The van der Waals surface area contributed by atoms with E-state index in [0.29, 0.717) is 38.0 Å². The molecule has 146 valence electrons. The largest absolute Gasteiger partial charge is 0.486 e. The summed E-state index contributed by atoms with van der Waals surface area (Å²) in [7, 11) is 0. The van der Waals surface area contributed by atoms with Gasteiger partial charge in [-0.25, -0.2) is 0 Å². The van der Waals surface area contributed by atoms with Crippen molar-refractivity contribution >= 4 is 5.96 Å². The second-order valence-corrected chi connectivity index (χ2v) is 6.73. The number of guanidine groups is 1. The highest BCUT2D eigenvalue weighted by molar-refractivity contribution is 5.79. The molecule has 0 saturated heterocycles. The molecular weight excluding hydrogens is 347 g/mol. The lowest BCUT2D eigenvalue weighted by molar-refractivity contribution is -0.132. The standard InChI is InChI=1S/C18H26F3N3O2/c1-4-22-16(23-8-7-18(19,20)21)24-12-17(2,3)13-5-6-14-15(11-13)26-10-9-25-14/h5-6,11H,4,7-10,12H2,1-3H3,(H2,22,23,24). The van der Waals surface area contributed by atoms with Gasteiger partial charge in [-0.3, -0.25) is 4.99 Å². The van der Waals surface area contributed by atoms with Crippen molar-refractivity contribution in [2.45, 2.75) is 38.8 Å². The molecule has 1 aliphatic rings. The molecule has 5 nitrogen and oxygen atoms in total. The van der Waals surface area contributed by atoms with Crippen LogP contribution in [0.2, 0.25) is 0 Å². The number of hydrogen-bond acceptors (Lipinski definition) is 3. The second kappa shape index (κ2) is 8.51. The molecule has 0 unspecified atom stereocenters. The zero-order valence-corrected chi connectivity index (χ0v) is 15.4. The summed E-state index contributed by atoms with van der Waals surface area (Å²) in [6.45, 7) is 7.75. The van der Waals surface area contributed by atoms with Crippen molar-refractivity contribution in [2.24, 2.45) is 4.99 Å². The van der Waals surface area contributed by atoms with Gasteiger partial charge in [-0.1, -0.05) is 19.9 Å². The van der Waals surface area contributed by atoms with E-state index in [9.17, 15) is 13.2 Å². The van der Waals surface area contributed by atoms with Crippen molar-refractivity contribution in [3.63, 3.8) is 0 Å². The van der Waals surface area contributed by atoms with Gasteiger partial charge in [0.25, 0.3) is 0 Å². The lowest BCUT2D eigenvalue weighted by atomic mass is 9.84. The average Bonchev–Trinajstić information content (AvgIpc) is 2.58. The van der Waals surface area contributed by atoms with Crippen LogP contribution in [-0.2, 0) is 5.41 Å². The number of fused-ring (bicyclic) bond motifs is 1. The summed E-state index contributed by atoms with van der Waals surface area (Å²) in [4.78, 5) is 4.45. The second-order valence-electron chi connectivity index (χ2n) is 6.73. The quantitative estimate of drug-likeness (QED) is 0.594. The number of ether oxygens (including phenoxy) is 2. The molecule has 1 heterocycles. The van der Waals surface area contributed by atoms with Crippen LogP contribution in [0.3, 0.4) is 0 Å². The Bertz CT molecular complexity index is 631. The van der Waals surface area contributed by atoms with Crippen molar-refractivity contribution in [3.8, 4) is 11.5 Å². The number of alkyl halides is 3. The lowest BCUT2D eigenvalue weighted by Gasteiger charge is -2.26. The molecule has 0 bridgehead atoms. The number of hydrogen-bond donors (Lipinski definition) is 2. The third-order valence-corrected chi connectivity index (χ3v) is 4.00. The number of rotatable bonds is 6. The van der Waals surface area contributed by atoms with E-state index < -0.39 is 12.6 Å². The maximum Gasteiger partial charge on any atom is 0.390 e. The maximum atomic E-state index is 12.3. The number of nitrogens with zero attached hydrogens (tertiary/aromatic N) is 1. The number of halogens is 3. The fraction of sp³-hybridized carbons (Fsp3) is 0.611. The summed E-state index contributed by atoms with van der Waals surface area (Å²) in [5, 5.41) is 5.70. The number of nitrogens with one attached hydrogen (secondary N) is 2. The summed E-state index contributed by atoms with van der Waals surface area (Å²) in [6, 6.07) is 5.78. The molecule has 0 spiro atoms. The van der Waals surface area contributed by atoms with Crippen LogP contribution in [0.25, 0.3) is 0 Å². The van der Waals surface area contributed by atoms with Crippen LogP contribution in [0.1, 0.15) is 32.8 Å². The highest BCUT2D eigenvalue weighted by Gasteiger charge is 2.27. The molecular formula is C18H26F3N3O2. The third kappa shape index (κ3) is 6.00. The molecule has 8 heteroatoms. The van der Waals surface area contributed by atoms with E-state index in [4.69, 9.17) is 9.47 Å². The van der Waals surface area contributed by atoms with Gasteiger partial charge < -0.3 is 20.1 Å². The Kier molecular flexibility index (Phi) is 6.61. The first-order chi connectivity index (χ1) is 12.2. The van der Waals surface area contributed by atoms with Gasteiger partial charge in [-0.05, 0) is 24.6 Å². The van der Waals surface area contributed by atoms with Gasteiger partial charge in [0.05, 0.1) is 13.0 Å². The van der Waals surface area contributed by atoms with Gasteiger partial charge in [0.15, 0.2) is 17.5 Å². The molecule has 0 saturated carbocycles. The molecule has 1 aromatic carbocycles. The van der Waals surface area contributed by atoms with Crippen molar-refractivity contribution in [3.05, 3.63) is 23.8 Å². The van der Waals surface area contributed by atoms with Crippen molar-refractivity contribution in [1.82, 2.24) is 10.6 Å². The fourth-order valence-electron chi connectivity index (χ4n) is 2.50. The molecule has 1 aromatic rings. The summed E-state index contributed by atoms with van der Waals surface area (Å²) in [5.41, 5.74) is 0.707. The predicted molar refractivity (Wildman–Crippen MR) is 95.1 cm³/mol. The van der Waals surface area contributed by atoms with Gasteiger partial charge in [0.2, 0.25) is 0 Å². The molecule has 1 aliphatic heterocycles. The molecule has 26 heavy (non-hydrogen) atoms. The Morgan fingerprint density at radius 3 is 2.46 bits per heavy atom. The van der Waals surface area contributed by atoms with E-state index in [1.165, 1.54) is 0 Å². The van der Waals surface area contributed by atoms with Crippen LogP contribution < -0.4 is 20.1 Å². The van der Waals surface area contributed by atoms with Crippen LogP contribution >= 0.6 is 0 Å². The van der Waals surface area contributed by atoms with Crippen LogP contribution in [0, 0.1) is 0 Å². The minimum Gasteiger partial charge on any atom is -0.486 e. The SMILES string of the molecule is CCNC(=NCC(C)(C)c1ccc2c(c1)OCCO2)NCCC(F)(F)F. The number of benzene rings is 1. The van der Waals surface area contributed by atoms with Crippen LogP contribution in [0.5, 0.6) is 11.5 Å². The molecule has 0 radical (unpaired) electrons. The molecule has 0 amide bonds. The lowest BCUT2D eigenvalue weighted by Crippen LogP contribution is -2.40. The average molecular weight is 373 g/mol. The topological polar surface area (TPSA) is 54.9 Å². The van der Waals surface area contributed by atoms with Gasteiger partial charge in [-0.15, -0.1) is 0 Å². The molecule has 0 fully saturated rings. The molecule has 0 aliphatic carbocycles. The zero-order valence-electron chi connectivity index (χ0n) is 15.4. The Labute approximate surface area is 152 Å². The summed E-state index contributed by atoms with van der Waals surface area (Å²) in [5.74, 6) is 1.81. The van der Waals surface area contributed by atoms with E-state index >= 15 is 0 Å². The smallest absolute Gasteiger partial charge is 0.390 e. The van der Waals surface area contributed by atoms with Crippen LogP contribution in [-0.4, -0.2) is 45.0 Å². The van der Waals surface area contributed by atoms with Crippen molar-refractivity contribution in [2.75, 3.05) is 32.8 Å². The fourth-order valence-corrected chi connectivity index (χ4v) is 2.50. The van der Waals surface area contributed by atoms with E-state index in [2.05, 4.69) is 15.6 Å². The summed E-state index contributed by atoms with van der Waals surface area (Å²) in [6.07, 6.45) is -5.09. The minimum atomic E-state index is -4.19. The highest BCUT2D eigenvalue weighted by Crippen LogP contribution is 2.35. The van der Waals surface area contributed by atoms with Gasteiger partial charge in [0, 0.05) is 18.5 Å². The monoisotopic (exact) mass is 373 g/mol. The van der Waals surface area contributed by atoms with E-state index in [1.807, 2.05) is 39.0 Å². The van der Waals surface area contributed by atoms with Crippen molar-refractivity contribution in [1.29, 1.82) is 0 Å². The molecule has 0 aromatic heterocycles. The van der Waals surface area contributed by atoms with E-state index in [-0.39, 0.29) is 12.0 Å². The molecule has 0 atom stereocenters. The van der Waals surface area contributed by atoms with E-state index in [0.717, 1.165) is 11.3 Å². The van der Waals surface area contributed by atoms with E-state index in [1.54, 1.807) is 0 Å². The summed E-state index contributed by atoms with van der Waals surface area (Å²) >= 11 is 0. The predicted octanol–water partition coefficient (Wildman–Crippen LogP) is 3.24. The first-order valence-corrected chi connectivity index (χ1v) is 8.70. The Hall–Kier alpha value is -2.12. The first kappa shape index (κ1) is 20.2.